The molecule has 14 nitrogen and oxygen atoms in total. The summed E-state index contributed by atoms with van der Waals surface area (Å²) in [6, 6.07) is 23.0. The largest absolute Gasteiger partial charge is 0.508 e. The summed E-state index contributed by atoms with van der Waals surface area (Å²) in [4.78, 5) is 37.6. The van der Waals surface area contributed by atoms with E-state index in [9.17, 15) is 19.8 Å². The molecule has 0 saturated carbocycles. The van der Waals surface area contributed by atoms with Gasteiger partial charge in [0.25, 0.3) is 0 Å². The van der Waals surface area contributed by atoms with Gasteiger partial charge >= 0.3 is 11.8 Å². The van der Waals surface area contributed by atoms with Crippen LogP contribution in [0.3, 0.4) is 0 Å². The molecule has 1 amide bonds. The van der Waals surface area contributed by atoms with E-state index >= 15 is 0 Å². The molecule has 0 bridgehead atoms. The number of nitrogens with one attached hydrogen (secondary N) is 1. The number of aromatic nitrogens is 5. The number of para-hydroxylation sites is 1. The molecular formula is C46H48N8O6. The van der Waals surface area contributed by atoms with Gasteiger partial charge in [0.1, 0.15) is 24.4 Å². The van der Waals surface area contributed by atoms with E-state index in [1.54, 1.807) is 18.0 Å². The maximum Gasteiger partial charge on any atom is 0.415 e. The summed E-state index contributed by atoms with van der Waals surface area (Å²) >= 11 is 0. The summed E-state index contributed by atoms with van der Waals surface area (Å²) in [6.07, 6.45) is 7.03. The zero-order valence-corrected chi connectivity index (χ0v) is 34.0. The highest BCUT2D eigenvalue weighted by Crippen LogP contribution is 2.37. The van der Waals surface area contributed by atoms with Crippen molar-refractivity contribution in [3.05, 3.63) is 124 Å². The SMILES string of the molecule is CC(C)c1cc(-c2n[nH]c(=O)n2-c2ccc(CN3CCN(CCCCN(C)C(=O)OC4=COCc5cn6cc7cc8ccccc8nc7c6cc54)CC3)cc2)c(O)cc1O. The molecule has 3 N–H and O–H groups in total. The summed E-state index contributed by atoms with van der Waals surface area (Å²) in [5.41, 5.74) is 6.89. The Morgan fingerprint density at radius 2 is 1.70 bits per heavy atom. The second-order valence-electron chi connectivity index (χ2n) is 16.1. The van der Waals surface area contributed by atoms with Crippen LogP contribution >= 0.6 is 0 Å². The Labute approximate surface area is 346 Å². The molecule has 9 rings (SSSR count). The quantitative estimate of drug-likeness (QED) is 0.114. The Balaban J connectivity index is 0.742. The highest BCUT2D eigenvalue weighted by molar-refractivity contribution is 6.01. The topological polar surface area (TPSA) is 154 Å². The number of H-pyrrole nitrogens is 1. The molecule has 2 aliphatic rings. The fourth-order valence-electron chi connectivity index (χ4n) is 8.27. The van der Waals surface area contributed by atoms with E-state index in [-0.39, 0.29) is 23.2 Å². The number of rotatable bonds is 11. The molecule has 0 aliphatic carbocycles. The Morgan fingerprint density at radius 1 is 0.917 bits per heavy atom. The second kappa shape index (κ2) is 16.2. The maximum absolute atomic E-state index is 13.2. The van der Waals surface area contributed by atoms with Crippen LogP contribution in [0.5, 0.6) is 11.5 Å². The number of hydrogen-bond acceptors (Lipinski definition) is 10. The molecule has 308 valence electrons. The number of pyridine rings is 2. The average Bonchev–Trinajstić information content (AvgIpc) is 3.80. The van der Waals surface area contributed by atoms with E-state index in [0.29, 0.717) is 35.7 Å². The number of hydrogen-bond donors (Lipinski definition) is 3. The number of carbonyl (C=O) groups is 1. The highest BCUT2D eigenvalue weighted by Gasteiger charge is 2.24. The first-order chi connectivity index (χ1) is 29.1. The summed E-state index contributed by atoms with van der Waals surface area (Å²) in [5, 5.41) is 29.8. The van der Waals surface area contributed by atoms with Gasteiger partial charge in [0.05, 0.1) is 27.8 Å². The van der Waals surface area contributed by atoms with E-state index in [0.717, 1.165) is 96.1 Å². The molecule has 4 aromatic heterocycles. The number of amides is 1. The fourth-order valence-corrected chi connectivity index (χ4v) is 8.27. The number of phenols is 2. The Bertz CT molecular complexity index is 2810. The molecule has 0 radical (unpaired) electrons. The zero-order chi connectivity index (χ0) is 41.5. The minimum absolute atomic E-state index is 0.000617. The maximum atomic E-state index is 13.2. The van der Waals surface area contributed by atoms with Crippen molar-refractivity contribution in [3.63, 3.8) is 0 Å². The monoisotopic (exact) mass is 808 g/mol. The first-order valence-electron chi connectivity index (χ1n) is 20.5. The number of nitrogens with zero attached hydrogens (tertiary/aromatic N) is 7. The lowest BCUT2D eigenvalue weighted by Crippen LogP contribution is -2.46. The van der Waals surface area contributed by atoms with E-state index in [1.807, 2.05) is 68.6 Å². The predicted octanol–water partition coefficient (Wildman–Crippen LogP) is 7.21. The van der Waals surface area contributed by atoms with Crippen LogP contribution in [0.15, 0.2) is 96.2 Å². The number of unbranched alkanes of at least 4 members (excludes halogenated alkanes) is 1. The van der Waals surface area contributed by atoms with Gasteiger partial charge in [-0.15, -0.1) is 0 Å². The summed E-state index contributed by atoms with van der Waals surface area (Å²) in [7, 11) is 1.77. The lowest BCUT2D eigenvalue weighted by molar-refractivity contribution is 0.123. The van der Waals surface area contributed by atoms with Crippen LogP contribution < -0.4 is 5.69 Å². The Morgan fingerprint density at radius 3 is 2.50 bits per heavy atom. The normalized spacial score (nSPS) is 14.8. The van der Waals surface area contributed by atoms with Crippen molar-refractivity contribution in [1.82, 2.24) is 38.8 Å². The van der Waals surface area contributed by atoms with Crippen molar-refractivity contribution in [3.8, 4) is 28.6 Å². The van der Waals surface area contributed by atoms with E-state index in [2.05, 4.69) is 42.7 Å². The zero-order valence-electron chi connectivity index (χ0n) is 34.0. The summed E-state index contributed by atoms with van der Waals surface area (Å²) in [6.45, 7) is 10.4. The number of ether oxygens (including phenoxy) is 2. The first-order valence-corrected chi connectivity index (χ1v) is 20.5. The van der Waals surface area contributed by atoms with Gasteiger partial charge in [0.15, 0.2) is 11.6 Å². The van der Waals surface area contributed by atoms with E-state index < -0.39 is 11.8 Å². The van der Waals surface area contributed by atoms with Gasteiger partial charge in [0, 0.05) is 86.7 Å². The van der Waals surface area contributed by atoms with Gasteiger partial charge in [-0.25, -0.2) is 24.2 Å². The standard InChI is InChI=1S/C46H48N8O6/c1-29(2)35-21-37(41(56)23-40(35)55)44-48-49-45(57)54(44)34-12-10-30(11-13-34)24-52-18-16-51(17-19-52)15-7-6-14-50(3)46(58)60-42-28-59-27-33-26-53-25-32-20-31-8-4-5-9-38(31)47-43(32)39(53)22-36(33)42/h4-5,8-13,20-23,25-26,28-29,55-56H,6-7,14-19,24,27H2,1-3H3,(H,49,57). The first kappa shape index (κ1) is 38.9. The molecule has 0 unspecified atom stereocenters. The third-order valence-corrected chi connectivity index (χ3v) is 11.6. The van der Waals surface area contributed by atoms with Crippen LogP contribution in [0.1, 0.15) is 54.9 Å². The summed E-state index contributed by atoms with van der Waals surface area (Å²) in [5.74, 6) is 0.524. The van der Waals surface area contributed by atoms with Gasteiger partial charge in [-0.05, 0) is 72.8 Å². The smallest absolute Gasteiger partial charge is 0.415 e. The molecule has 0 atom stereocenters. The lowest BCUT2D eigenvalue weighted by Gasteiger charge is -2.34. The minimum atomic E-state index is -0.419. The van der Waals surface area contributed by atoms with Gasteiger partial charge in [0.2, 0.25) is 0 Å². The van der Waals surface area contributed by atoms with Crippen LogP contribution in [0.2, 0.25) is 0 Å². The second-order valence-corrected chi connectivity index (χ2v) is 16.1. The van der Waals surface area contributed by atoms with Crippen LogP contribution in [0, 0.1) is 0 Å². The van der Waals surface area contributed by atoms with Gasteiger partial charge < -0.3 is 33.9 Å². The van der Waals surface area contributed by atoms with Crippen LogP contribution in [-0.4, -0.2) is 101 Å². The van der Waals surface area contributed by atoms with Crippen molar-refractivity contribution in [2.75, 3.05) is 46.3 Å². The van der Waals surface area contributed by atoms with E-state index in [1.165, 1.54) is 16.9 Å². The van der Waals surface area contributed by atoms with Crippen LogP contribution in [0.25, 0.3) is 50.2 Å². The van der Waals surface area contributed by atoms with Gasteiger partial charge in [-0.2, -0.15) is 5.10 Å². The molecule has 7 aromatic rings. The van der Waals surface area contributed by atoms with Crippen LogP contribution in [0.4, 0.5) is 4.79 Å². The molecule has 1 fully saturated rings. The third-order valence-electron chi connectivity index (χ3n) is 11.6. The van der Waals surface area contributed by atoms with Crippen molar-refractivity contribution >= 4 is 39.2 Å². The van der Waals surface area contributed by atoms with Crippen molar-refractivity contribution in [2.45, 2.75) is 45.8 Å². The molecule has 6 heterocycles. The fraction of sp³-hybridized carbons (Fsp3) is 0.304. The highest BCUT2D eigenvalue weighted by atomic mass is 16.6. The van der Waals surface area contributed by atoms with Crippen LogP contribution in [-0.2, 0) is 22.6 Å². The van der Waals surface area contributed by atoms with Crippen molar-refractivity contribution < 1.29 is 24.5 Å². The number of aromatic amines is 1. The molecule has 60 heavy (non-hydrogen) atoms. The lowest BCUT2D eigenvalue weighted by atomic mass is 9.98. The van der Waals surface area contributed by atoms with Gasteiger partial charge in [-0.1, -0.05) is 44.2 Å². The molecule has 1 saturated heterocycles. The third kappa shape index (κ3) is 7.66. The number of piperazine rings is 1. The van der Waals surface area contributed by atoms with Crippen molar-refractivity contribution in [1.29, 1.82) is 0 Å². The number of carbonyl (C=O) groups excluding carboxylic acids is 1. The molecule has 2 aliphatic heterocycles. The number of fused-ring (bicyclic) bond motifs is 5. The molecular weight excluding hydrogens is 761 g/mol. The molecule has 14 heteroatoms. The predicted molar refractivity (Wildman–Crippen MR) is 230 cm³/mol. The minimum Gasteiger partial charge on any atom is -0.508 e. The molecule has 3 aromatic carbocycles. The number of phenolic OH excluding ortho intramolecular Hbond substituents is 2. The summed E-state index contributed by atoms with van der Waals surface area (Å²) < 4.78 is 15.1. The Kier molecular flexibility index (Phi) is 10.5. The average molecular weight is 809 g/mol. The van der Waals surface area contributed by atoms with Crippen molar-refractivity contribution in [2.24, 2.45) is 0 Å². The number of benzene rings is 3. The van der Waals surface area contributed by atoms with Gasteiger partial charge in [-0.3, -0.25) is 4.90 Å². The number of aromatic hydroxyl groups is 2. The Hall–Kier alpha value is -6.64. The molecule has 0 spiro atoms. The van der Waals surface area contributed by atoms with E-state index in [4.69, 9.17) is 14.5 Å².